The SMILES string of the molecule is Cc1ccsc1CN[C@H](C)C1CCCCC1. The lowest BCUT2D eigenvalue weighted by molar-refractivity contribution is 0.281. The van der Waals surface area contributed by atoms with Crippen molar-refractivity contribution in [2.45, 2.75) is 58.5 Å². The minimum absolute atomic E-state index is 0.682. The van der Waals surface area contributed by atoms with Crippen molar-refractivity contribution < 1.29 is 0 Å². The molecule has 0 aliphatic heterocycles. The van der Waals surface area contributed by atoms with E-state index in [1.54, 1.807) is 0 Å². The van der Waals surface area contributed by atoms with Gasteiger partial charge in [-0.25, -0.2) is 0 Å². The first-order chi connectivity index (χ1) is 7.77. The van der Waals surface area contributed by atoms with Crippen molar-refractivity contribution >= 4 is 11.3 Å². The lowest BCUT2D eigenvalue weighted by Crippen LogP contribution is -2.34. The monoisotopic (exact) mass is 237 g/mol. The number of thiophene rings is 1. The molecule has 1 atom stereocenters. The zero-order valence-corrected chi connectivity index (χ0v) is 11.3. The zero-order valence-electron chi connectivity index (χ0n) is 10.5. The number of nitrogens with one attached hydrogen (secondary N) is 1. The van der Waals surface area contributed by atoms with Gasteiger partial charge in [-0.15, -0.1) is 11.3 Å². The molecule has 1 aliphatic rings. The fourth-order valence-corrected chi connectivity index (χ4v) is 3.50. The Kier molecular flexibility index (Phi) is 4.42. The molecule has 1 heterocycles. The van der Waals surface area contributed by atoms with Crippen molar-refractivity contribution in [3.63, 3.8) is 0 Å². The Labute approximate surface area is 103 Å². The average Bonchev–Trinajstić information content (AvgIpc) is 2.73. The second-order valence-corrected chi connectivity index (χ2v) is 6.10. The van der Waals surface area contributed by atoms with Crippen LogP contribution in [-0.2, 0) is 6.54 Å². The van der Waals surface area contributed by atoms with Gasteiger partial charge in [0.1, 0.15) is 0 Å². The first-order valence-corrected chi connectivity index (χ1v) is 7.41. The Balaban J connectivity index is 1.78. The Morgan fingerprint density at radius 2 is 2.12 bits per heavy atom. The molecule has 1 N–H and O–H groups in total. The van der Waals surface area contributed by atoms with Gasteiger partial charge in [0.25, 0.3) is 0 Å². The molecule has 0 saturated heterocycles. The highest BCUT2D eigenvalue weighted by molar-refractivity contribution is 7.10. The van der Waals surface area contributed by atoms with Crippen LogP contribution in [0.2, 0.25) is 0 Å². The van der Waals surface area contributed by atoms with Gasteiger partial charge in [0.05, 0.1) is 0 Å². The standard InChI is InChI=1S/C14H23NS/c1-11-8-9-16-14(11)10-15-12(2)13-6-4-3-5-7-13/h8-9,12-13,15H,3-7,10H2,1-2H3/t12-/m1/s1. The van der Waals surface area contributed by atoms with Gasteiger partial charge in [-0.2, -0.15) is 0 Å². The van der Waals surface area contributed by atoms with Crippen molar-refractivity contribution in [1.29, 1.82) is 0 Å². The maximum Gasteiger partial charge on any atom is 0.0304 e. The van der Waals surface area contributed by atoms with E-state index in [4.69, 9.17) is 0 Å². The van der Waals surface area contributed by atoms with Gasteiger partial charge in [-0.1, -0.05) is 19.3 Å². The van der Waals surface area contributed by atoms with Crippen molar-refractivity contribution in [3.8, 4) is 0 Å². The summed E-state index contributed by atoms with van der Waals surface area (Å²) in [7, 11) is 0. The third kappa shape index (κ3) is 3.08. The average molecular weight is 237 g/mol. The van der Waals surface area contributed by atoms with E-state index in [1.807, 2.05) is 11.3 Å². The summed E-state index contributed by atoms with van der Waals surface area (Å²) in [4.78, 5) is 1.50. The van der Waals surface area contributed by atoms with Gasteiger partial charge < -0.3 is 5.32 Å². The smallest absolute Gasteiger partial charge is 0.0304 e. The van der Waals surface area contributed by atoms with Crippen LogP contribution in [0.1, 0.15) is 49.5 Å². The molecule has 0 bridgehead atoms. The predicted molar refractivity (Wildman–Crippen MR) is 71.9 cm³/mol. The van der Waals surface area contributed by atoms with Crippen LogP contribution in [0.5, 0.6) is 0 Å². The summed E-state index contributed by atoms with van der Waals surface area (Å²) < 4.78 is 0. The molecule has 90 valence electrons. The van der Waals surface area contributed by atoms with Gasteiger partial charge in [0, 0.05) is 17.5 Å². The van der Waals surface area contributed by atoms with E-state index in [2.05, 4.69) is 30.6 Å². The van der Waals surface area contributed by atoms with Crippen LogP contribution in [-0.4, -0.2) is 6.04 Å². The zero-order chi connectivity index (χ0) is 11.4. The highest BCUT2D eigenvalue weighted by atomic mass is 32.1. The summed E-state index contributed by atoms with van der Waals surface area (Å²) in [5, 5.41) is 5.90. The van der Waals surface area contributed by atoms with Gasteiger partial charge in [0.2, 0.25) is 0 Å². The topological polar surface area (TPSA) is 12.0 Å². The highest BCUT2D eigenvalue weighted by Crippen LogP contribution is 2.26. The van der Waals surface area contributed by atoms with Crippen molar-refractivity contribution in [3.05, 3.63) is 21.9 Å². The van der Waals surface area contributed by atoms with E-state index in [-0.39, 0.29) is 0 Å². The van der Waals surface area contributed by atoms with E-state index in [1.165, 1.54) is 42.5 Å². The molecule has 1 aliphatic carbocycles. The molecule has 0 amide bonds. The third-order valence-corrected chi connectivity index (χ3v) is 4.93. The second kappa shape index (κ2) is 5.83. The molecular weight excluding hydrogens is 214 g/mol. The molecule has 1 fully saturated rings. The number of aryl methyl sites for hydroxylation is 1. The minimum atomic E-state index is 0.682. The fraction of sp³-hybridized carbons (Fsp3) is 0.714. The molecule has 0 aromatic carbocycles. The Hall–Kier alpha value is -0.340. The summed E-state index contributed by atoms with van der Waals surface area (Å²) in [5.41, 5.74) is 1.44. The Morgan fingerprint density at radius 3 is 2.75 bits per heavy atom. The van der Waals surface area contributed by atoms with E-state index < -0.39 is 0 Å². The summed E-state index contributed by atoms with van der Waals surface area (Å²) in [6, 6.07) is 2.90. The van der Waals surface area contributed by atoms with Crippen LogP contribution < -0.4 is 5.32 Å². The molecule has 2 rings (SSSR count). The third-order valence-electron chi connectivity index (χ3n) is 3.91. The van der Waals surface area contributed by atoms with Crippen molar-refractivity contribution in [2.24, 2.45) is 5.92 Å². The van der Waals surface area contributed by atoms with Gasteiger partial charge >= 0.3 is 0 Å². The van der Waals surface area contributed by atoms with E-state index in [0.29, 0.717) is 6.04 Å². The molecule has 1 saturated carbocycles. The summed E-state index contributed by atoms with van der Waals surface area (Å²) >= 11 is 1.88. The summed E-state index contributed by atoms with van der Waals surface area (Å²) in [6.07, 6.45) is 7.19. The van der Waals surface area contributed by atoms with Crippen molar-refractivity contribution in [2.75, 3.05) is 0 Å². The normalized spacial score (nSPS) is 19.9. The van der Waals surface area contributed by atoms with Crippen LogP contribution in [0, 0.1) is 12.8 Å². The fourth-order valence-electron chi connectivity index (χ4n) is 2.64. The lowest BCUT2D eigenvalue weighted by Gasteiger charge is -2.28. The minimum Gasteiger partial charge on any atom is -0.309 e. The number of hydrogen-bond acceptors (Lipinski definition) is 2. The van der Waals surface area contributed by atoms with Crippen LogP contribution in [0.3, 0.4) is 0 Å². The molecule has 1 nitrogen and oxygen atoms in total. The summed E-state index contributed by atoms with van der Waals surface area (Å²) in [6.45, 7) is 5.62. The Bertz CT molecular complexity index is 312. The first-order valence-electron chi connectivity index (χ1n) is 6.53. The molecule has 16 heavy (non-hydrogen) atoms. The molecule has 2 heteroatoms. The van der Waals surface area contributed by atoms with Gasteiger partial charge in [-0.05, 0) is 49.6 Å². The van der Waals surface area contributed by atoms with Gasteiger partial charge in [0.15, 0.2) is 0 Å². The molecule has 1 aromatic heterocycles. The molecule has 1 aromatic rings. The second-order valence-electron chi connectivity index (χ2n) is 5.09. The van der Waals surface area contributed by atoms with Crippen molar-refractivity contribution in [1.82, 2.24) is 5.32 Å². The van der Waals surface area contributed by atoms with Gasteiger partial charge in [-0.3, -0.25) is 0 Å². The molecule has 0 radical (unpaired) electrons. The quantitative estimate of drug-likeness (QED) is 0.831. The first kappa shape index (κ1) is 12.1. The summed E-state index contributed by atoms with van der Waals surface area (Å²) in [5.74, 6) is 0.911. The largest absolute Gasteiger partial charge is 0.309 e. The van der Waals surface area contributed by atoms with E-state index >= 15 is 0 Å². The van der Waals surface area contributed by atoms with Crippen LogP contribution in [0.25, 0.3) is 0 Å². The lowest BCUT2D eigenvalue weighted by atomic mass is 9.84. The number of rotatable bonds is 4. The maximum absolute atomic E-state index is 3.71. The highest BCUT2D eigenvalue weighted by Gasteiger charge is 2.19. The number of hydrogen-bond donors (Lipinski definition) is 1. The molecular formula is C14H23NS. The maximum atomic E-state index is 3.71. The van der Waals surface area contributed by atoms with E-state index in [0.717, 1.165) is 12.5 Å². The van der Waals surface area contributed by atoms with E-state index in [9.17, 15) is 0 Å². The predicted octanol–water partition coefficient (Wildman–Crippen LogP) is 4.11. The molecule has 0 spiro atoms. The van der Waals surface area contributed by atoms with Crippen LogP contribution in [0.15, 0.2) is 11.4 Å². The Morgan fingerprint density at radius 1 is 1.38 bits per heavy atom. The van der Waals surface area contributed by atoms with Crippen LogP contribution >= 0.6 is 11.3 Å². The molecule has 0 unspecified atom stereocenters. The van der Waals surface area contributed by atoms with Crippen LogP contribution in [0.4, 0.5) is 0 Å².